The summed E-state index contributed by atoms with van der Waals surface area (Å²) in [6.45, 7) is -1.02. The molecule has 5 N–H and O–H groups in total. The molecule has 4 atom stereocenters. The Morgan fingerprint density at radius 3 is 2.78 bits per heavy atom. The Hall–Kier alpha value is -2.95. The van der Waals surface area contributed by atoms with E-state index in [0.29, 0.717) is 6.42 Å². The summed E-state index contributed by atoms with van der Waals surface area (Å²) in [6.07, 6.45) is -1.10. The minimum Gasteiger partial charge on any atom is -0.507 e. The van der Waals surface area contributed by atoms with Crippen LogP contribution in [0.15, 0.2) is 53.3 Å². The van der Waals surface area contributed by atoms with Crippen LogP contribution in [0.4, 0.5) is 0 Å². The zero-order chi connectivity index (χ0) is 22.9. The van der Waals surface area contributed by atoms with Gasteiger partial charge in [-0.15, -0.1) is 0 Å². The van der Waals surface area contributed by atoms with Crippen LogP contribution in [0.2, 0.25) is 0 Å². The van der Waals surface area contributed by atoms with Crippen LogP contribution in [-0.2, 0) is 11.2 Å². The summed E-state index contributed by atoms with van der Waals surface area (Å²) < 4.78 is 15.9. The Kier molecular flexibility index (Phi) is 6.18. The summed E-state index contributed by atoms with van der Waals surface area (Å²) in [5.74, 6) is -3.57. The van der Waals surface area contributed by atoms with Crippen molar-refractivity contribution in [3.05, 3.63) is 60.1 Å². The molecule has 170 valence electrons. The molecule has 0 unspecified atom stereocenters. The van der Waals surface area contributed by atoms with Crippen LogP contribution < -0.4 is 4.74 Å². The first-order valence-corrected chi connectivity index (χ1v) is 10.1. The van der Waals surface area contributed by atoms with E-state index in [0.717, 1.165) is 16.7 Å². The number of ketones is 1. The fraction of sp³-hybridized carbons (Fsp3) is 0.348. The number of aliphatic hydroxyl groups is 4. The summed E-state index contributed by atoms with van der Waals surface area (Å²) >= 11 is 0. The van der Waals surface area contributed by atoms with Gasteiger partial charge in [-0.1, -0.05) is 18.2 Å². The number of benzene rings is 1. The summed E-state index contributed by atoms with van der Waals surface area (Å²) in [5.41, 5.74) is 2.61. The first kappa shape index (κ1) is 22.3. The van der Waals surface area contributed by atoms with E-state index in [1.807, 2.05) is 18.2 Å². The van der Waals surface area contributed by atoms with E-state index in [-0.39, 0.29) is 30.1 Å². The second-order valence-electron chi connectivity index (χ2n) is 7.73. The van der Waals surface area contributed by atoms with Gasteiger partial charge in [0.15, 0.2) is 5.78 Å². The highest BCUT2D eigenvalue weighted by Crippen LogP contribution is 2.36. The molecule has 4 rings (SSSR count). The van der Waals surface area contributed by atoms with Crippen molar-refractivity contribution in [2.24, 2.45) is 0 Å². The summed E-state index contributed by atoms with van der Waals surface area (Å²) in [5, 5.41) is 51.0. The van der Waals surface area contributed by atoms with Crippen LogP contribution in [-0.4, -0.2) is 68.6 Å². The number of hydrogen-bond donors (Lipinski definition) is 5. The molecule has 0 bridgehead atoms. The van der Waals surface area contributed by atoms with Gasteiger partial charge in [0.05, 0.1) is 25.7 Å². The predicted molar refractivity (Wildman–Crippen MR) is 111 cm³/mol. The molecule has 1 fully saturated rings. The predicted octanol–water partition coefficient (Wildman–Crippen LogP) is 1.09. The monoisotopic (exact) mass is 444 g/mol. The first-order chi connectivity index (χ1) is 15.3. The number of rotatable bonds is 7. The minimum atomic E-state index is -2.54. The molecule has 1 aromatic carbocycles. The van der Waals surface area contributed by atoms with Gasteiger partial charge in [-0.05, 0) is 35.7 Å². The second kappa shape index (κ2) is 8.89. The van der Waals surface area contributed by atoms with Gasteiger partial charge in [0.2, 0.25) is 0 Å². The molecule has 1 saturated heterocycles. The zero-order valence-corrected chi connectivity index (χ0v) is 17.0. The molecule has 0 spiro atoms. The Bertz CT molecular complexity index is 1060. The largest absolute Gasteiger partial charge is 0.507 e. The quantitative estimate of drug-likeness (QED) is 0.266. The molecule has 3 aliphatic rings. The highest BCUT2D eigenvalue weighted by atomic mass is 16.7. The van der Waals surface area contributed by atoms with E-state index in [1.165, 1.54) is 18.2 Å². The summed E-state index contributed by atoms with van der Waals surface area (Å²) in [7, 11) is 0. The van der Waals surface area contributed by atoms with E-state index >= 15 is 0 Å². The van der Waals surface area contributed by atoms with Crippen molar-refractivity contribution in [2.75, 3.05) is 13.2 Å². The van der Waals surface area contributed by atoms with Crippen LogP contribution in [0, 0.1) is 0 Å². The van der Waals surface area contributed by atoms with Crippen LogP contribution in [0.25, 0.3) is 11.1 Å². The van der Waals surface area contributed by atoms with E-state index in [4.69, 9.17) is 13.9 Å². The Morgan fingerprint density at radius 1 is 1.19 bits per heavy atom. The molecule has 0 radical (unpaired) electrons. The number of hydrogen-bond acceptors (Lipinski definition) is 9. The molecule has 1 aliphatic carbocycles. The standard InChI is InChI=1S/C23H24O9/c24-10-20-23(29,22(28)18(27)12-31-20)32-19-3-1-2-16(25)21(19)17(26)7-6-13-4-5-14-11-30-9-8-15(13)14/h1-5,8-9,11,18,20,22,24-25,27-29H,6-7,10,12H2/t18-,20+,22+,23+/m0/s1. The lowest BCUT2D eigenvalue weighted by atomic mass is 9.95. The lowest BCUT2D eigenvalue weighted by Crippen LogP contribution is -2.67. The van der Waals surface area contributed by atoms with Crippen molar-refractivity contribution in [1.29, 1.82) is 0 Å². The number of fused-ring (bicyclic) bond motifs is 1. The van der Waals surface area contributed by atoms with Crippen molar-refractivity contribution in [3.63, 3.8) is 0 Å². The number of carbonyl (C=O) groups is 1. The van der Waals surface area contributed by atoms with Gasteiger partial charge in [-0.2, -0.15) is 0 Å². The van der Waals surface area contributed by atoms with Gasteiger partial charge >= 0.3 is 0 Å². The van der Waals surface area contributed by atoms with Gasteiger partial charge in [0, 0.05) is 12.0 Å². The van der Waals surface area contributed by atoms with Gasteiger partial charge in [0.1, 0.15) is 35.4 Å². The first-order valence-electron chi connectivity index (χ1n) is 10.1. The maximum Gasteiger partial charge on any atom is 0.265 e. The van der Waals surface area contributed by atoms with Gasteiger partial charge in [-0.3, -0.25) is 4.79 Å². The van der Waals surface area contributed by atoms with Crippen LogP contribution >= 0.6 is 0 Å². The molecule has 9 nitrogen and oxygen atoms in total. The molecule has 0 amide bonds. The fourth-order valence-corrected chi connectivity index (χ4v) is 3.93. The molecule has 0 saturated carbocycles. The molecule has 32 heavy (non-hydrogen) atoms. The second-order valence-corrected chi connectivity index (χ2v) is 7.73. The maximum atomic E-state index is 13.0. The zero-order valence-electron chi connectivity index (χ0n) is 17.0. The van der Waals surface area contributed by atoms with Crippen molar-refractivity contribution in [2.45, 2.75) is 36.9 Å². The van der Waals surface area contributed by atoms with E-state index in [2.05, 4.69) is 0 Å². The highest BCUT2D eigenvalue weighted by Gasteiger charge is 2.54. The van der Waals surface area contributed by atoms with Crippen molar-refractivity contribution >= 4 is 5.78 Å². The molecular formula is C23H24O9. The third-order valence-electron chi connectivity index (χ3n) is 5.69. The Morgan fingerprint density at radius 2 is 2.00 bits per heavy atom. The van der Waals surface area contributed by atoms with Gasteiger partial charge in [0.25, 0.3) is 5.79 Å². The molecular weight excluding hydrogens is 420 g/mol. The number of aryl methyl sites for hydroxylation is 1. The lowest BCUT2D eigenvalue weighted by Gasteiger charge is -2.44. The van der Waals surface area contributed by atoms with Crippen molar-refractivity contribution < 1.29 is 44.2 Å². The maximum absolute atomic E-state index is 13.0. The van der Waals surface area contributed by atoms with Crippen molar-refractivity contribution in [3.8, 4) is 22.6 Å². The Labute approximate surface area is 183 Å². The number of ether oxygens (including phenoxy) is 2. The average molecular weight is 444 g/mol. The fourth-order valence-electron chi connectivity index (χ4n) is 3.93. The lowest BCUT2D eigenvalue weighted by molar-refractivity contribution is -0.323. The van der Waals surface area contributed by atoms with Gasteiger partial charge < -0.3 is 39.4 Å². The smallest absolute Gasteiger partial charge is 0.265 e. The third-order valence-corrected chi connectivity index (χ3v) is 5.69. The summed E-state index contributed by atoms with van der Waals surface area (Å²) in [6, 6.07) is 9.63. The van der Waals surface area contributed by atoms with Crippen LogP contribution in [0.5, 0.6) is 11.5 Å². The van der Waals surface area contributed by atoms with Crippen LogP contribution in [0.3, 0.4) is 0 Å². The molecule has 2 heterocycles. The number of aliphatic hydroxyl groups excluding tert-OH is 3. The van der Waals surface area contributed by atoms with E-state index in [1.54, 1.807) is 12.5 Å². The number of phenolic OH excluding ortho intramolecular Hbond substituents is 1. The van der Waals surface area contributed by atoms with Crippen LogP contribution in [0.1, 0.15) is 22.3 Å². The molecule has 0 aromatic heterocycles. The highest BCUT2D eigenvalue weighted by molar-refractivity contribution is 6.01. The van der Waals surface area contributed by atoms with E-state index < -0.39 is 36.5 Å². The number of Topliss-reactive ketones (excluding diaryl/α,β-unsaturated/α-hetero) is 1. The number of aromatic hydroxyl groups is 1. The Balaban J connectivity index is 1.58. The van der Waals surface area contributed by atoms with E-state index in [9.17, 15) is 30.3 Å². The molecule has 9 heteroatoms. The van der Waals surface area contributed by atoms with Gasteiger partial charge in [-0.25, -0.2) is 0 Å². The topological polar surface area (TPSA) is 150 Å². The average Bonchev–Trinajstić information content (AvgIpc) is 3.19. The minimum absolute atomic E-state index is 0.0304. The molecule has 2 aliphatic heterocycles. The van der Waals surface area contributed by atoms with Crippen molar-refractivity contribution in [1.82, 2.24) is 0 Å². The number of phenols is 1. The number of carbonyl (C=O) groups excluding carboxylic acids is 1. The third kappa shape index (κ3) is 3.96. The normalized spacial score (nSPS) is 25.7. The SMILES string of the molecule is O=C(CCc1ccc2coccc1-2)c1c(O)cccc1O[C@@]1(O)[C@H](O)[C@@H](O)CO[C@@H]1CO. The summed E-state index contributed by atoms with van der Waals surface area (Å²) in [4.78, 5) is 13.0. The molecule has 1 aromatic rings.